The highest BCUT2D eigenvalue weighted by Gasteiger charge is 2.06. The van der Waals surface area contributed by atoms with Crippen LogP contribution in [0, 0.1) is 2.88 Å². The largest absolute Gasteiger partial charge is 0.264 e. The lowest BCUT2D eigenvalue weighted by molar-refractivity contribution is 1.19. The average Bonchev–Trinajstić information content (AvgIpc) is 2.81. The smallest absolute Gasteiger partial charge is 0.167 e. The highest BCUT2D eigenvalue weighted by Crippen LogP contribution is 2.29. The van der Waals surface area contributed by atoms with Crippen LogP contribution in [0.5, 0.6) is 0 Å². The van der Waals surface area contributed by atoms with Gasteiger partial charge in [0.25, 0.3) is 0 Å². The van der Waals surface area contributed by atoms with Gasteiger partial charge < -0.3 is 0 Å². The molecule has 0 unspecified atom stereocenters. The van der Waals surface area contributed by atoms with Crippen molar-refractivity contribution in [3.8, 4) is 0 Å². The minimum atomic E-state index is 0.720. The monoisotopic (exact) mass is 381 g/mol. The molecule has 3 aromatic heterocycles. The third-order valence-electron chi connectivity index (χ3n) is 2.35. The third kappa shape index (κ3) is 2.87. The van der Waals surface area contributed by atoms with Gasteiger partial charge in [0.2, 0.25) is 0 Å². The van der Waals surface area contributed by atoms with Crippen molar-refractivity contribution in [2.75, 3.05) is 5.43 Å². The molecule has 0 aromatic carbocycles. The van der Waals surface area contributed by atoms with E-state index in [0.717, 1.165) is 21.6 Å². The molecular formula is C12H8IN5S. The minimum absolute atomic E-state index is 0.720. The molecule has 0 amide bonds. The summed E-state index contributed by atoms with van der Waals surface area (Å²) in [6.07, 6.45) is 6.72. The number of hydrogen-bond donors (Lipinski definition) is 1. The molecule has 3 rings (SSSR count). The van der Waals surface area contributed by atoms with E-state index < -0.39 is 0 Å². The molecular weight excluding hydrogens is 373 g/mol. The average molecular weight is 381 g/mol. The zero-order chi connectivity index (χ0) is 13.1. The Morgan fingerprint density at radius 3 is 3.16 bits per heavy atom. The molecule has 0 fully saturated rings. The predicted octanol–water partition coefficient (Wildman–Crippen LogP) is 3.14. The summed E-state index contributed by atoms with van der Waals surface area (Å²) in [5.41, 5.74) is 4.81. The number of aromatic nitrogens is 3. The fraction of sp³-hybridized carbons (Fsp3) is 0. The normalized spacial score (nSPS) is 11.2. The van der Waals surface area contributed by atoms with E-state index in [4.69, 9.17) is 0 Å². The number of fused-ring (bicyclic) bond motifs is 1. The first-order valence-electron chi connectivity index (χ1n) is 5.42. The van der Waals surface area contributed by atoms with Gasteiger partial charge in [0.15, 0.2) is 5.82 Å². The fourth-order valence-corrected chi connectivity index (χ4v) is 3.26. The highest BCUT2D eigenvalue weighted by atomic mass is 127. The van der Waals surface area contributed by atoms with Crippen LogP contribution in [-0.2, 0) is 0 Å². The molecule has 0 aliphatic carbocycles. The molecule has 0 saturated carbocycles. The Morgan fingerprint density at radius 2 is 2.32 bits per heavy atom. The lowest BCUT2D eigenvalue weighted by atomic mass is 10.3. The van der Waals surface area contributed by atoms with Crippen molar-refractivity contribution in [1.82, 2.24) is 15.0 Å². The zero-order valence-electron chi connectivity index (χ0n) is 9.62. The molecule has 3 heterocycles. The zero-order valence-corrected chi connectivity index (χ0v) is 12.6. The Morgan fingerprint density at radius 1 is 1.37 bits per heavy atom. The molecule has 0 aliphatic rings. The van der Waals surface area contributed by atoms with Crippen LogP contribution in [0.15, 0.2) is 42.0 Å². The highest BCUT2D eigenvalue weighted by molar-refractivity contribution is 14.1. The van der Waals surface area contributed by atoms with Crippen molar-refractivity contribution in [3.05, 3.63) is 45.4 Å². The van der Waals surface area contributed by atoms with Gasteiger partial charge in [-0.3, -0.25) is 10.4 Å². The Balaban J connectivity index is 1.84. The van der Waals surface area contributed by atoms with Gasteiger partial charge in [0.05, 0.1) is 19.3 Å². The van der Waals surface area contributed by atoms with Gasteiger partial charge in [-0.15, -0.1) is 11.3 Å². The lowest BCUT2D eigenvalue weighted by Gasteiger charge is -1.99. The molecule has 94 valence electrons. The number of nitrogens with zero attached hydrogens (tertiary/aromatic N) is 4. The number of pyridine rings is 1. The Labute approximate surface area is 127 Å². The molecule has 19 heavy (non-hydrogen) atoms. The molecule has 0 saturated heterocycles. The van der Waals surface area contributed by atoms with Crippen LogP contribution in [0.4, 0.5) is 5.82 Å². The Bertz CT molecular complexity index is 725. The van der Waals surface area contributed by atoms with Crippen molar-refractivity contribution in [2.24, 2.45) is 5.10 Å². The SMILES string of the molecule is Ic1cc2ncnc(N/N=C/c3cccnc3)c2s1. The lowest BCUT2D eigenvalue weighted by Crippen LogP contribution is -1.94. The van der Waals surface area contributed by atoms with Gasteiger partial charge in [0.1, 0.15) is 6.33 Å². The molecule has 0 atom stereocenters. The van der Waals surface area contributed by atoms with Crippen LogP contribution in [0.1, 0.15) is 5.56 Å². The number of nitrogens with one attached hydrogen (secondary N) is 1. The van der Waals surface area contributed by atoms with Crippen molar-refractivity contribution in [1.29, 1.82) is 0 Å². The summed E-state index contributed by atoms with van der Waals surface area (Å²) in [7, 11) is 0. The Kier molecular flexibility index (Phi) is 3.65. The summed E-state index contributed by atoms with van der Waals surface area (Å²) >= 11 is 3.91. The van der Waals surface area contributed by atoms with E-state index in [0.29, 0.717) is 0 Å². The van der Waals surface area contributed by atoms with Gasteiger partial charge in [-0.25, -0.2) is 9.97 Å². The van der Waals surface area contributed by atoms with Gasteiger partial charge in [0, 0.05) is 18.0 Å². The van der Waals surface area contributed by atoms with Crippen molar-refractivity contribution in [2.45, 2.75) is 0 Å². The van der Waals surface area contributed by atoms with Crippen LogP contribution in [0.25, 0.3) is 10.2 Å². The molecule has 0 bridgehead atoms. The second-order valence-electron chi connectivity index (χ2n) is 3.64. The molecule has 0 radical (unpaired) electrons. The molecule has 5 nitrogen and oxygen atoms in total. The molecule has 0 aliphatic heterocycles. The number of thiophene rings is 1. The maximum Gasteiger partial charge on any atom is 0.167 e. The summed E-state index contributed by atoms with van der Waals surface area (Å²) in [6, 6.07) is 5.83. The second kappa shape index (κ2) is 5.57. The number of rotatable bonds is 3. The van der Waals surface area contributed by atoms with E-state index in [-0.39, 0.29) is 0 Å². The maximum absolute atomic E-state index is 4.22. The molecule has 7 heteroatoms. The van der Waals surface area contributed by atoms with E-state index in [1.807, 2.05) is 18.2 Å². The topological polar surface area (TPSA) is 63.1 Å². The summed E-state index contributed by atoms with van der Waals surface area (Å²) in [5, 5.41) is 4.17. The summed E-state index contributed by atoms with van der Waals surface area (Å²) in [6.45, 7) is 0. The van der Waals surface area contributed by atoms with Gasteiger partial charge in [-0.05, 0) is 34.7 Å². The number of halogens is 1. The Hall–Kier alpha value is -1.61. The summed E-state index contributed by atoms with van der Waals surface area (Å²) in [4.78, 5) is 12.4. The van der Waals surface area contributed by atoms with E-state index in [9.17, 15) is 0 Å². The van der Waals surface area contributed by atoms with Gasteiger partial charge in [-0.2, -0.15) is 5.10 Å². The van der Waals surface area contributed by atoms with E-state index >= 15 is 0 Å². The van der Waals surface area contributed by atoms with Crippen molar-refractivity contribution in [3.63, 3.8) is 0 Å². The van der Waals surface area contributed by atoms with E-state index in [1.54, 1.807) is 29.9 Å². The second-order valence-corrected chi connectivity index (χ2v) is 6.59. The van der Waals surface area contributed by atoms with Crippen LogP contribution in [-0.4, -0.2) is 21.2 Å². The van der Waals surface area contributed by atoms with E-state index in [2.05, 4.69) is 48.1 Å². The fourth-order valence-electron chi connectivity index (χ4n) is 1.53. The van der Waals surface area contributed by atoms with Crippen molar-refractivity contribution >= 4 is 56.2 Å². The van der Waals surface area contributed by atoms with Crippen molar-refractivity contribution < 1.29 is 0 Å². The standard InChI is InChI=1S/C12H8IN5S/c13-10-4-9-11(19-10)12(16-7-15-9)18-17-6-8-2-1-3-14-5-8/h1-7H,(H,15,16,18)/b17-6+. The minimum Gasteiger partial charge on any atom is -0.264 e. The van der Waals surface area contributed by atoms with Crippen LogP contribution in [0.2, 0.25) is 0 Å². The van der Waals surface area contributed by atoms with E-state index in [1.165, 1.54) is 9.21 Å². The summed E-state index contributed by atoms with van der Waals surface area (Å²) < 4.78 is 2.18. The molecule has 3 aromatic rings. The van der Waals surface area contributed by atoms with Crippen LogP contribution < -0.4 is 5.43 Å². The molecule has 0 spiro atoms. The first-order chi connectivity index (χ1) is 9.33. The predicted molar refractivity (Wildman–Crippen MR) is 85.6 cm³/mol. The first-order valence-corrected chi connectivity index (χ1v) is 7.31. The number of hydrogen-bond acceptors (Lipinski definition) is 6. The van der Waals surface area contributed by atoms with Crippen LogP contribution >= 0.6 is 33.9 Å². The number of anilines is 1. The molecule has 1 N–H and O–H groups in total. The maximum atomic E-state index is 4.22. The summed E-state index contributed by atoms with van der Waals surface area (Å²) in [5.74, 6) is 0.720. The first kappa shape index (κ1) is 12.4. The third-order valence-corrected chi connectivity index (χ3v) is 4.24. The van der Waals surface area contributed by atoms with Crippen LogP contribution in [0.3, 0.4) is 0 Å². The number of hydrazone groups is 1. The van der Waals surface area contributed by atoms with Gasteiger partial charge >= 0.3 is 0 Å². The quantitative estimate of drug-likeness (QED) is 0.430. The van der Waals surface area contributed by atoms with Gasteiger partial charge in [-0.1, -0.05) is 6.07 Å².